The molecule has 6 nitrogen and oxygen atoms in total. The van der Waals surface area contributed by atoms with Gasteiger partial charge < -0.3 is 15.2 Å². The largest absolute Gasteiger partial charge is 0.358 e. The first-order chi connectivity index (χ1) is 7.56. The van der Waals surface area contributed by atoms with E-state index in [0.717, 1.165) is 24.5 Å². The van der Waals surface area contributed by atoms with E-state index in [0.29, 0.717) is 5.82 Å². The van der Waals surface area contributed by atoms with Crippen LogP contribution in [0.4, 0.5) is 11.6 Å². The fourth-order valence-electron chi connectivity index (χ4n) is 1.43. The lowest BCUT2D eigenvalue weighted by Crippen LogP contribution is -2.29. The molecule has 0 saturated carbocycles. The number of hydrogen-bond acceptors (Lipinski definition) is 6. The Hall–Kier alpha value is -1.40. The summed E-state index contributed by atoms with van der Waals surface area (Å²) in [5, 5.41) is 0. The van der Waals surface area contributed by atoms with Crippen molar-refractivity contribution in [2.24, 2.45) is 5.84 Å². The quantitative estimate of drug-likeness (QED) is 0.545. The number of hydrogen-bond donors (Lipinski definition) is 2. The molecule has 90 valence electrons. The molecule has 0 bridgehead atoms. The van der Waals surface area contributed by atoms with E-state index in [9.17, 15) is 0 Å². The first-order valence-corrected chi connectivity index (χ1v) is 5.20. The van der Waals surface area contributed by atoms with E-state index < -0.39 is 0 Å². The maximum absolute atomic E-state index is 5.37. The minimum atomic E-state index is 0.668. The number of rotatable bonds is 5. The molecule has 1 aromatic heterocycles. The number of hydrazine groups is 1. The first-order valence-electron chi connectivity index (χ1n) is 5.20. The van der Waals surface area contributed by atoms with Crippen LogP contribution in [0.5, 0.6) is 0 Å². The van der Waals surface area contributed by atoms with E-state index >= 15 is 0 Å². The molecule has 0 aliphatic carbocycles. The van der Waals surface area contributed by atoms with Gasteiger partial charge in [0.15, 0.2) is 0 Å². The van der Waals surface area contributed by atoms with Gasteiger partial charge in [0.05, 0.1) is 0 Å². The molecule has 3 N–H and O–H groups in total. The van der Waals surface area contributed by atoms with Crippen LogP contribution in [0.2, 0.25) is 0 Å². The summed E-state index contributed by atoms with van der Waals surface area (Å²) in [5.41, 5.74) is 3.53. The topological polar surface area (TPSA) is 70.3 Å². The summed E-state index contributed by atoms with van der Waals surface area (Å²) in [6, 6.07) is 0. The maximum atomic E-state index is 5.37. The van der Waals surface area contributed by atoms with Crippen LogP contribution in [0, 0.1) is 6.92 Å². The monoisotopic (exact) mass is 224 g/mol. The molecular formula is C10H20N6. The number of nitrogens with one attached hydrogen (secondary N) is 1. The third kappa shape index (κ3) is 3.04. The van der Waals surface area contributed by atoms with Crippen LogP contribution in [-0.4, -0.2) is 49.1 Å². The van der Waals surface area contributed by atoms with E-state index in [1.807, 2.05) is 28.1 Å². The molecule has 1 heterocycles. The van der Waals surface area contributed by atoms with Gasteiger partial charge in [-0.15, -0.1) is 0 Å². The number of anilines is 2. The van der Waals surface area contributed by atoms with Gasteiger partial charge in [-0.3, -0.25) is 0 Å². The Morgan fingerprint density at radius 1 is 1.25 bits per heavy atom. The van der Waals surface area contributed by atoms with Crippen molar-refractivity contribution in [2.45, 2.75) is 6.92 Å². The second kappa shape index (κ2) is 5.62. The molecule has 0 spiro atoms. The summed E-state index contributed by atoms with van der Waals surface area (Å²) < 4.78 is 0. The SMILES string of the molecule is Cc1c(NN)ncnc1N(C)CCN(C)C. The second-order valence-corrected chi connectivity index (χ2v) is 4.04. The van der Waals surface area contributed by atoms with Crippen molar-refractivity contribution in [1.82, 2.24) is 14.9 Å². The third-order valence-electron chi connectivity index (χ3n) is 2.44. The lowest BCUT2D eigenvalue weighted by molar-refractivity contribution is 0.416. The van der Waals surface area contributed by atoms with Crippen LogP contribution >= 0.6 is 0 Å². The number of aromatic nitrogens is 2. The van der Waals surface area contributed by atoms with E-state index in [2.05, 4.69) is 25.2 Å². The summed E-state index contributed by atoms with van der Waals surface area (Å²) in [5.74, 6) is 6.95. The Labute approximate surface area is 96.4 Å². The van der Waals surface area contributed by atoms with Crippen molar-refractivity contribution in [3.63, 3.8) is 0 Å². The van der Waals surface area contributed by atoms with Gasteiger partial charge in [-0.25, -0.2) is 15.8 Å². The maximum Gasteiger partial charge on any atom is 0.148 e. The van der Waals surface area contributed by atoms with Crippen molar-refractivity contribution >= 4 is 11.6 Å². The molecule has 0 amide bonds. The number of nitrogen functional groups attached to an aromatic ring is 1. The second-order valence-electron chi connectivity index (χ2n) is 4.04. The Balaban J connectivity index is 2.78. The Bertz CT molecular complexity index is 338. The van der Waals surface area contributed by atoms with Crippen LogP contribution in [0.25, 0.3) is 0 Å². The Morgan fingerprint density at radius 3 is 2.50 bits per heavy atom. The molecule has 0 fully saturated rings. The average Bonchev–Trinajstić information content (AvgIpc) is 2.26. The standard InChI is InChI=1S/C10H20N6/c1-8-9(14-11)12-7-13-10(8)16(4)6-5-15(2)3/h7H,5-6,11H2,1-4H3,(H,12,13,14). The van der Waals surface area contributed by atoms with Gasteiger partial charge in [0.1, 0.15) is 18.0 Å². The van der Waals surface area contributed by atoms with Crippen molar-refractivity contribution in [1.29, 1.82) is 0 Å². The van der Waals surface area contributed by atoms with E-state index in [-0.39, 0.29) is 0 Å². The van der Waals surface area contributed by atoms with Gasteiger partial charge in [0.2, 0.25) is 0 Å². The molecule has 0 unspecified atom stereocenters. The van der Waals surface area contributed by atoms with Crippen molar-refractivity contribution in [2.75, 3.05) is 44.6 Å². The molecule has 0 atom stereocenters. The minimum absolute atomic E-state index is 0.668. The number of likely N-dealkylation sites (N-methyl/N-ethyl adjacent to an activating group) is 2. The number of nitrogens with two attached hydrogens (primary N) is 1. The Morgan fingerprint density at radius 2 is 1.94 bits per heavy atom. The summed E-state index contributed by atoms with van der Waals surface area (Å²) >= 11 is 0. The fourth-order valence-corrected chi connectivity index (χ4v) is 1.43. The average molecular weight is 224 g/mol. The van der Waals surface area contributed by atoms with Gasteiger partial charge >= 0.3 is 0 Å². The minimum Gasteiger partial charge on any atom is -0.358 e. The predicted octanol–water partition coefficient (Wildman–Crippen LogP) is 0.0684. The van der Waals surface area contributed by atoms with Crippen LogP contribution in [0.15, 0.2) is 6.33 Å². The van der Waals surface area contributed by atoms with E-state index in [4.69, 9.17) is 5.84 Å². The van der Waals surface area contributed by atoms with Crippen LogP contribution in [-0.2, 0) is 0 Å². The highest BCUT2D eigenvalue weighted by molar-refractivity contribution is 5.56. The molecule has 1 rings (SSSR count). The van der Waals surface area contributed by atoms with Gasteiger partial charge in [-0.05, 0) is 21.0 Å². The summed E-state index contributed by atoms with van der Waals surface area (Å²) in [7, 11) is 6.11. The molecule has 1 aromatic rings. The van der Waals surface area contributed by atoms with Crippen molar-refractivity contribution in [3.8, 4) is 0 Å². The number of nitrogens with zero attached hydrogens (tertiary/aromatic N) is 4. The third-order valence-corrected chi connectivity index (χ3v) is 2.44. The molecule has 0 aliphatic heterocycles. The van der Waals surface area contributed by atoms with Crippen LogP contribution in [0.1, 0.15) is 5.56 Å². The summed E-state index contributed by atoms with van der Waals surface area (Å²) in [6.07, 6.45) is 1.52. The van der Waals surface area contributed by atoms with Gasteiger partial charge in [0.25, 0.3) is 0 Å². The zero-order valence-electron chi connectivity index (χ0n) is 10.4. The molecule has 6 heteroatoms. The molecular weight excluding hydrogens is 204 g/mol. The van der Waals surface area contributed by atoms with Gasteiger partial charge in [0, 0.05) is 25.7 Å². The van der Waals surface area contributed by atoms with Gasteiger partial charge in [-0.2, -0.15) is 0 Å². The molecule has 0 saturated heterocycles. The zero-order valence-corrected chi connectivity index (χ0v) is 10.4. The zero-order chi connectivity index (χ0) is 12.1. The van der Waals surface area contributed by atoms with Crippen molar-refractivity contribution in [3.05, 3.63) is 11.9 Å². The first kappa shape index (κ1) is 12.7. The van der Waals surface area contributed by atoms with Crippen molar-refractivity contribution < 1.29 is 0 Å². The van der Waals surface area contributed by atoms with Gasteiger partial charge in [-0.1, -0.05) is 0 Å². The fraction of sp³-hybridized carbons (Fsp3) is 0.600. The normalized spacial score (nSPS) is 10.6. The lowest BCUT2D eigenvalue weighted by Gasteiger charge is -2.22. The molecule has 0 aliphatic rings. The van der Waals surface area contributed by atoms with E-state index in [1.165, 1.54) is 6.33 Å². The predicted molar refractivity (Wildman–Crippen MR) is 66.4 cm³/mol. The summed E-state index contributed by atoms with van der Waals surface area (Å²) in [4.78, 5) is 12.5. The summed E-state index contributed by atoms with van der Waals surface area (Å²) in [6.45, 7) is 3.84. The molecule has 0 radical (unpaired) electrons. The Kier molecular flexibility index (Phi) is 4.45. The van der Waals surface area contributed by atoms with Crippen LogP contribution < -0.4 is 16.2 Å². The highest BCUT2D eigenvalue weighted by atomic mass is 15.3. The highest BCUT2D eigenvalue weighted by Gasteiger charge is 2.10. The van der Waals surface area contributed by atoms with Crippen LogP contribution in [0.3, 0.4) is 0 Å². The van der Waals surface area contributed by atoms with E-state index in [1.54, 1.807) is 0 Å². The lowest BCUT2D eigenvalue weighted by atomic mass is 10.3. The highest BCUT2D eigenvalue weighted by Crippen LogP contribution is 2.19. The smallest absolute Gasteiger partial charge is 0.148 e. The molecule has 0 aromatic carbocycles. The molecule has 16 heavy (non-hydrogen) atoms.